The molecule has 25 heavy (non-hydrogen) atoms. The second-order valence-corrected chi connectivity index (χ2v) is 7.41. The number of thiazole rings is 1. The van der Waals surface area contributed by atoms with Crippen LogP contribution in [0.4, 0.5) is 0 Å². The Morgan fingerprint density at radius 1 is 1.08 bits per heavy atom. The smallest absolute Gasteiger partial charge is 0.266 e. The lowest BCUT2D eigenvalue weighted by atomic mass is 10.1. The van der Waals surface area contributed by atoms with Crippen LogP contribution in [0, 0.1) is 6.92 Å². The van der Waals surface area contributed by atoms with Crippen molar-refractivity contribution in [3.8, 4) is 11.4 Å². The highest BCUT2D eigenvalue weighted by Gasteiger charge is 2.12. The second-order valence-electron chi connectivity index (χ2n) is 5.59. The summed E-state index contributed by atoms with van der Waals surface area (Å²) in [5.74, 6) is 0.546. The lowest BCUT2D eigenvalue weighted by Gasteiger charge is -1.96. The number of aromatic nitrogens is 3. The fourth-order valence-electron chi connectivity index (χ4n) is 2.41. The SMILES string of the molecule is Cc1ccc(-c2nc3sc(=Cc4ccc(Cl)c(Cl)c4)c(=O)n3n2)cc1. The van der Waals surface area contributed by atoms with Crippen molar-refractivity contribution in [2.75, 3.05) is 0 Å². The predicted molar refractivity (Wildman–Crippen MR) is 103 cm³/mol. The van der Waals surface area contributed by atoms with Gasteiger partial charge in [0.15, 0.2) is 5.82 Å². The molecule has 0 saturated carbocycles. The molecule has 0 radical (unpaired) electrons. The third-order valence-electron chi connectivity index (χ3n) is 3.73. The number of fused-ring (bicyclic) bond motifs is 1. The number of benzene rings is 2. The standard InChI is InChI=1S/C18H11Cl2N3OS/c1-10-2-5-12(6-3-10)16-21-18-23(22-16)17(24)15(25-18)9-11-4-7-13(19)14(20)8-11/h2-9H,1H3. The van der Waals surface area contributed by atoms with E-state index in [1.54, 1.807) is 24.3 Å². The van der Waals surface area contributed by atoms with Crippen molar-refractivity contribution in [3.63, 3.8) is 0 Å². The number of nitrogens with zero attached hydrogens (tertiary/aromatic N) is 3. The minimum Gasteiger partial charge on any atom is -0.266 e. The first-order valence-electron chi connectivity index (χ1n) is 7.45. The van der Waals surface area contributed by atoms with Crippen LogP contribution in [0.25, 0.3) is 22.4 Å². The fourth-order valence-corrected chi connectivity index (χ4v) is 3.63. The Hall–Kier alpha value is -2.21. The van der Waals surface area contributed by atoms with Gasteiger partial charge in [-0.25, -0.2) is 0 Å². The zero-order chi connectivity index (χ0) is 17.6. The maximum Gasteiger partial charge on any atom is 0.291 e. The van der Waals surface area contributed by atoms with Crippen LogP contribution in [0.2, 0.25) is 10.0 Å². The zero-order valence-corrected chi connectivity index (χ0v) is 15.4. The summed E-state index contributed by atoms with van der Waals surface area (Å²) >= 11 is 13.2. The molecule has 4 aromatic rings. The summed E-state index contributed by atoms with van der Waals surface area (Å²) in [6, 6.07) is 13.1. The van der Waals surface area contributed by atoms with Gasteiger partial charge in [-0.3, -0.25) is 4.79 Å². The molecule has 0 aliphatic carbocycles. The number of halogens is 2. The molecule has 2 aromatic carbocycles. The van der Waals surface area contributed by atoms with Crippen molar-refractivity contribution in [2.24, 2.45) is 0 Å². The quantitative estimate of drug-likeness (QED) is 0.522. The maximum absolute atomic E-state index is 12.6. The Morgan fingerprint density at radius 2 is 1.84 bits per heavy atom. The summed E-state index contributed by atoms with van der Waals surface area (Å²) in [7, 11) is 0. The molecule has 7 heteroatoms. The molecule has 0 saturated heterocycles. The van der Waals surface area contributed by atoms with E-state index in [0.717, 1.165) is 16.7 Å². The fraction of sp³-hybridized carbons (Fsp3) is 0.0556. The van der Waals surface area contributed by atoms with Gasteiger partial charge in [-0.05, 0) is 30.7 Å². The Bertz CT molecular complexity index is 1200. The van der Waals surface area contributed by atoms with Crippen molar-refractivity contribution < 1.29 is 0 Å². The Kier molecular flexibility index (Phi) is 4.07. The molecule has 0 aliphatic rings. The van der Waals surface area contributed by atoms with Crippen LogP contribution >= 0.6 is 34.5 Å². The highest BCUT2D eigenvalue weighted by atomic mass is 35.5. The topological polar surface area (TPSA) is 47.3 Å². The molecular weight excluding hydrogens is 377 g/mol. The van der Waals surface area contributed by atoms with E-state index in [1.807, 2.05) is 31.2 Å². The van der Waals surface area contributed by atoms with Crippen LogP contribution < -0.4 is 10.1 Å². The molecule has 0 atom stereocenters. The van der Waals surface area contributed by atoms with Crippen LogP contribution in [-0.4, -0.2) is 14.6 Å². The van der Waals surface area contributed by atoms with Gasteiger partial charge in [0.2, 0.25) is 4.96 Å². The summed E-state index contributed by atoms with van der Waals surface area (Å²) in [5, 5.41) is 5.27. The van der Waals surface area contributed by atoms with E-state index in [0.29, 0.717) is 25.4 Å². The first-order valence-corrected chi connectivity index (χ1v) is 9.02. The average Bonchev–Trinajstić information content (AvgIpc) is 3.12. The van der Waals surface area contributed by atoms with Crippen molar-refractivity contribution in [3.05, 3.63) is 78.5 Å². The third kappa shape index (κ3) is 3.06. The van der Waals surface area contributed by atoms with E-state index in [-0.39, 0.29) is 5.56 Å². The summed E-state index contributed by atoms with van der Waals surface area (Å²) in [6.07, 6.45) is 1.76. The van der Waals surface area contributed by atoms with Gasteiger partial charge < -0.3 is 0 Å². The predicted octanol–water partition coefficient (Wildman–Crippen LogP) is 3.98. The molecule has 0 fully saturated rings. The first kappa shape index (κ1) is 16.3. The van der Waals surface area contributed by atoms with Gasteiger partial charge in [0.25, 0.3) is 5.56 Å². The monoisotopic (exact) mass is 387 g/mol. The third-order valence-corrected chi connectivity index (χ3v) is 5.43. The highest BCUT2D eigenvalue weighted by molar-refractivity contribution is 7.15. The van der Waals surface area contributed by atoms with Crippen molar-refractivity contribution in [1.29, 1.82) is 0 Å². The normalized spacial score (nSPS) is 12.2. The minimum absolute atomic E-state index is 0.197. The van der Waals surface area contributed by atoms with Crippen LogP contribution in [0.1, 0.15) is 11.1 Å². The zero-order valence-electron chi connectivity index (χ0n) is 13.0. The van der Waals surface area contributed by atoms with Crippen LogP contribution in [0.5, 0.6) is 0 Å². The molecule has 0 aliphatic heterocycles. The first-order chi connectivity index (χ1) is 12.0. The molecule has 2 aromatic heterocycles. The number of hydrogen-bond donors (Lipinski definition) is 0. The highest BCUT2D eigenvalue weighted by Crippen LogP contribution is 2.23. The average molecular weight is 388 g/mol. The van der Waals surface area contributed by atoms with E-state index in [9.17, 15) is 4.79 Å². The van der Waals surface area contributed by atoms with Crippen LogP contribution in [0.15, 0.2) is 47.3 Å². The van der Waals surface area contributed by atoms with Gasteiger partial charge in [0.05, 0.1) is 14.6 Å². The van der Waals surface area contributed by atoms with E-state index < -0.39 is 0 Å². The molecule has 0 N–H and O–H groups in total. The molecule has 0 bridgehead atoms. The summed E-state index contributed by atoms with van der Waals surface area (Å²) in [6.45, 7) is 2.02. The van der Waals surface area contributed by atoms with E-state index in [4.69, 9.17) is 23.2 Å². The van der Waals surface area contributed by atoms with Gasteiger partial charge in [-0.1, -0.05) is 70.4 Å². The van der Waals surface area contributed by atoms with Gasteiger partial charge in [0, 0.05) is 5.56 Å². The Balaban J connectivity index is 1.80. The van der Waals surface area contributed by atoms with Gasteiger partial charge in [-0.2, -0.15) is 9.50 Å². The number of hydrogen-bond acceptors (Lipinski definition) is 4. The van der Waals surface area contributed by atoms with Crippen molar-refractivity contribution in [2.45, 2.75) is 6.92 Å². The van der Waals surface area contributed by atoms with Crippen molar-refractivity contribution in [1.82, 2.24) is 14.6 Å². The van der Waals surface area contributed by atoms with E-state index >= 15 is 0 Å². The Labute approximate surface area is 157 Å². The molecule has 0 unspecified atom stereocenters. The lowest BCUT2D eigenvalue weighted by molar-refractivity contribution is 0.937. The summed E-state index contributed by atoms with van der Waals surface area (Å²) in [4.78, 5) is 17.6. The van der Waals surface area contributed by atoms with Crippen LogP contribution in [0.3, 0.4) is 0 Å². The number of rotatable bonds is 2. The molecule has 0 amide bonds. The largest absolute Gasteiger partial charge is 0.291 e. The summed E-state index contributed by atoms with van der Waals surface area (Å²) in [5.41, 5.74) is 2.65. The lowest BCUT2D eigenvalue weighted by Crippen LogP contribution is -2.23. The second kappa shape index (κ2) is 6.26. The molecule has 0 spiro atoms. The van der Waals surface area contributed by atoms with Gasteiger partial charge in [-0.15, -0.1) is 5.10 Å². The molecule has 124 valence electrons. The molecular formula is C18H11Cl2N3OS. The summed E-state index contributed by atoms with van der Waals surface area (Å²) < 4.78 is 1.88. The Morgan fingerprint density at radius 3 is 2.52 bits per heavy atom. The van der Waals surface area contributed by atoms with Gasteiger partial charge in [0.1, 0.15) is 0 Å². The maximum atomic E-state index is 12.6. The molecule has 4 nitrogen and oxygen atoms in total. The van der Waals surface area contributed by atoms with E-state index in [1.165, 1.54) is 15.9 Å². The van der Waals surface area contributed by atoms with E-state index in [2.05, 4.69) is 10.1 Å². The van der Waals surface area contributed by atoms with Crippen LogP contribution in [-0.2, 0) is 0 Å². The number of aryl methyl sites for hydroxylation is 1. The van der Waals surface area contributed by atoms with Crippen molar-refractivity contribution >= 4 is 45.6 Å². The minimum atomic E-state index is -0.197. The molecule has 4 rings (SSSR count). The van der Waals surface area contributed by atoms with Gasteiger partial charge >= 0.3 is 0 Å². The molecule has 2 heterocycles.